The van der Waals surface area contributed by atoms with Gasteiger partial charge >= 0.3 is 0 Å². The van der Waals surface area contributed by atoms with Gasteiger partial charge in [-0.3, -0.25) is 0 Å². The van der Waals surface area contributed by atoms with E-state index >= 15 is 0 Å². The molecular formula is C9H16ClN3O3S. The molecule has 0 amide bonds. The Morgan fingerprint density at radius 2 is 2.35 bits per heavy atom. The summed E-state index contributed by atoms with van der Waals surface area (Å²) in [6.07, 6.45) is 3.37. The van der Waals surface area contributed by atoms with Crippen LogP contribution < -0.4 is 4.72 Å². The van der Waals surface area contributed by atoms with Crippen LogP contribution in [0.4, 0.5) is 0 Å². The van der Waals surface area contributed by atoms with Gasteiger partial charge in [0.25, 0.3) is 10.0 Å². The quantitative estimate of drug-likeness (QED) is 0.732. The van der Waals surface area contributed by atoms with Gasteiger partial charge in [0.15, 0.2) is 5.03 Å². The molecule has 17 heavy (non-hydrogen) atoms. The fourth-order valence-corrected chi connectivity index (χ4v) is 2.82. The molecule has 1 N–H and O–H groups in total. The highest BCUT2D eigenvalue weighted by atomic mass is 35.5. The summed E-state index contributed by atoms with van der Waals surface area (Å²) in [6, 6.07) is -0.343. The molecule has 0 spiro atoms. The van der Waals surface area contributed by atoms with Gasteiger partial charge in [0.1, 0.15) is 0 Å². The van der Waals surface area contributed by atoms with Crippen molar-refractivity contribution in [1.82, 2.24) is 14.3 Å². The fraction of sp³-hybridized carbons (Fsp3) is 0.667. The fourth-order valence-electron chi connectivity index (χ4n) is 1.32. The van der Waals surface area contributed by atoms with Crippen LogP contribution in [-0.2, 0) is 21.8 Å². The minimum absolute atomic E-state index is 0.00400. The third-order valence-electron chi connectivity index (χ3n) is 2.10. The van der Waals surface area contributed by atoms with Gasteiger partial charge in [-0.2, -0.15) is 0 Å². The van der Waals surface area contributed by atoms with E-state index in [9.17, 15) is 8.42 Å². The molecule has 1 unspecified atom stereocenters. The van der Waals surface area contributed by atoms with Gasteiger partial charge in [-0.15, -0.1) is 11.6 Å². The van der Waals surface area contributed by atoms with Crippen molar-refractivity contribution in [3.63, 3.8) is 0 Å². The molecule has 1 atom stereocenters. The minimum atomic E-state index is -3.60. The van der Waals surface area contributed by atoms with Crippen molar-refractivity contribution >= 4 is 21.6 Å². The van der Waals surface area contributed by atoms with Gasteiger partial charge in [-0.05, 0) is 6.42 Å². The standard InChI is InChI=1S/C9H16ClN3O3S/c1-13-5-9(11-7-13)17(14,15)12-8(3-4-10)6-16-2/h5,7-8,12H,3-4,6H2,1-2H3. The number of aryl methyl sites for hydroxylation is 1. The summed E-state index contributed by atoms with van der Waals surface area (Å²) in [5, 5.41) is -0.00400. The van der Waals surface area contributed by atoms with Gasteiger partial charge in [0, 0.05) is 32.3 Å². The van der Waals surface area contributed by atoms with Gasteiger partial charge in [0.05, 0.1) is 12.9 Å². The lowest BCUT2D eigenvalue weighted by Gasteiger charge is -2.15. The smallest absolute Gasteiger partial charge is 0.259 e. The predicted molar refractivity (Wildman–Crippen MR) is 64.5 cm³/mol. The van der Waals surface area contributed by atoms with Crippen LogP contribution in [0.3, 0.4) is 0 Å². The number of ether oxygens (including phenoxy) is 1. The Labute approximate surface area is 106 Å². The second-order valence-corrected chi connectivity index (χ2v) is 5.67. The average molecular weight is 282 g/mol. The number of halogens is 1. The van der Waals surface area contributed by atoms with Crippen molar-refractivity contribution in [2.45, 2.75) is 17.5 Å². The second-order valence-electron chi connectivity index (χ2n) is 3.63. The Bertz CT molecular complexity index is 440. The summed E-state index contributed by atoms with van der Waals surface area (Å²) in [5.74, 6) is 0.360. The van der Waals surface area contributed by atoms with Crippen LogP contribution in [0.2, 0.25) is 0 Å². The van der Waals surface area contributed by atoms with Gasteiger partial charge in [0.2, 0.25) is 0 Å². The maximum atomic E-state index is 11.9. The van der Waals surface area contributed by atoms with Crippen molar-refractivity contribution < 1.29 is 13.2 Å². The second kappa shape index (κ2) is 6.34. The number of nitrogens with one attached hydrogen (secondary N) is 1. The molecule has 0 saturated heterocycles. The highest BCUT2D eigenvalue weighted by molar-refractivity contribution is 7.89. The van der Waals surface area contributed by atoms with E-state index in [1.165, 1.54) is 19.6 Å². The summed E-state index contributed by atoms with van der Waals surface area (Å²) in [7, 11) is -0.388. The van der Waals surface area contributed by atoms with Gasteiger partial charge < -0.3 is 9.30 Å². The zero-order valence-corrected chi connectivity index (χ0v) is 11.3. The third-order valence-corrected chi connectivity index (χ3v) is 3.73. The summed E-state index contributed by atoms with van der Waals surface area (Å²) in [6.45, 7) is 0.277. The lowest BCUT2D eigenvalue weighted by molar-refractivity contribution is 0.173. The topological polar surface area (TPSA) is 73.2 Å². The minimum Gasteiger partial charge on any atom is -0.383 e. The number of hydrogen-bond acceptors (Lipinski definition) is 4. The van der Waals surface area contributed by atoms with Crippen LogP contribution in [0.15, 0.2) is 17.6 Å². The highest BCUT2D eigenvalue weighted by Crippen LogP contribution is 2.07. The molecule has 0 aliphatic heterocycles. The number of sulfonamides is 1. The van der Waals surface area contributed by atoms with Crippen molar-refractivity contribution in [1.29, 1.82) is 0 Å². The van der Waals surface area contributed by atoms with E-state index in [4.69, 9.17) is 16.3 Å². The van der Waals surface area contributed by atoms with Crippen molar-refractivity contribution in [3.8, 4) is 0 Å². The Kier molecular flexibility index (Phi) is 5.38. The molecule has 0 aliphatic rings. The van der Waals surface area contributed by atoms with Crippen molar-refractivity contribution in [3.05, 3.63) is 12.5 Å². The number of alkyl halides is 1. The first-order valence-electron chi connectivity index (χ1n) is 5.05. The summed E-state index contributed by atoms with van der Waals surface area (Å²) >= 11 is 5.60. The van der Waals surface area contributed by atoms with E-state index in [0.717, 1.165) is 0 Å². The summed E-state index contributed by atoms with van der Waals surface area (Å²) in [5.41, 5.74) is 0. The zero-order chi connectivity index (χ0) is 12.9. The third kappa shape index (κ3) is 4.27. The monoisotopic (exact) mass is 281 g/mol. The number of nitrogens with zero attached hydrogens (tertiary/aromatic N) is 2. The molecule has 6 nitrogen and oxygen atoms in total. The molecule has 8 heteroatoms. The summed E-state index contributed by atoms with van der Waals surface area (Å²) in [4.78, 5) is 3.80. The number of rotatable bonds is 7. The van der Waals surface area contributed by atoms with E-state index in [-0.39, 0.29) is 17.7 Å². The number of methoxy groups -OCH3 is 1. The van der Waals surface area contributed by atoms with Gasteiger partial charge in [-0.1, -0.05) is 0 Å². The Balaban J connectivity index is 2.77. The normalized spacial score (nSPS) is 13.8. The lowest BCUT2D eigenvalue weighted by Crippen LogP contribution is -2.38. The number of aromatic nitrogens is 2. The van der Waals surface area contributed by atoms with E-state index in [1.807, 2.05) is 0 Å². The van der Waals surface area contributed by atoms with Crippen molar-refractivity contribution in [2.24, 2.45) is 7.05 Å². The first kappa shape index (κ1) is 14.4. The molecule has 1 heterocycles. The first-order chi connectivity index (χ1) is 7.99. The van der Waals surface area contributed by atoms with Crippen LogP contribution in [0.5, 0.6) is 0 Å². The van der Waals surface area contributed by atoms with Crippen LogP contribution in [0, 0.1) is 0 Å². The molecule has 1 aromatic heterocycles. The summed E-state index contributed by atoms with van der Waals surface area (Å²) < 4.78 is 32.9. The van der Waals surface area contributed by atoms with E-state index in [2.05, 4.69) is 9.71 Å². The molecule has 1 aromatic rings. The van der Waals surface area contributed by atoms with Crippen LogP contribution >= 0.6 is 11.6 Å². The van der Waals surface area contributed by atoms with Gasteiger partial charge in [-0.25, -0.2) is 18.1 Å². The molecular weight excluding hydrogens is 266 g/mol. The van der Waals surface area contributed by atoms with E-state index in [1.54, 1.807) is 11.6 Å². The molecule has 0 aliphatic carbocycles. The molecule has 1 rings (SSSR count). The van der Waals surface area contributed by atoms with E-state index in [0.29, 0.717) is 12.3 Å². The van der Waals surface area contributed by atoms with Crippen LogP contribution in [0.1, 0.15) is 6.42 Å². The number of hydrogen-bond donors (Lipinski definition) is 1. The Morgan fingerprint density at radius 1 is 1.65 bits per heavy atom. The van der Waals surface area contributed by atoms with Crippen molar-refractivity contribution in [2.75, 3.05) is 19.6 Å². The SMILES string of the molecule is COCC(CCCl)NS(=O)(=O)c1cn(C)cn1. The van der Waals surface area contributed by atoms with E-state index < -0.39 is 10.0 Å². The predicted octanol–water partition coefficient (Wildman–Crippen LogP) is 0.342. The molecule has 0 fully saturated rings. The lowest BCUT2D eigenvalue weighted by atomic mass is 10.3. The molecule has 0 bridgehead atoms. The van der Waals surface area contributed by atoms with Crippen LogP contribution in [0.25, 0.3) is 0 Å². The Morgan fingerprint density at radius 3 is 2.82 bits per heavy atom. The molecule has 0 aromatic carbocycles. The highest BCUT2D eigenvalue weighted by Gasteiger charge is 2.21. The average Bonchev–Trinajstić information content (AvgIpc) is 2.66. The number of imidazole rings is 1. The largest absolute Gasteiger partial charge is 0.383 e. The Hall–Kier alpha value is -0.630. The first-order valence-corrected chi connectivity index (χ1v) is 7.06. The maximum Gasteiger partial charge on any atom is 0.259 e. The molecule has 98 valence electrons. The van der Waals surface area contributed by atoms with Crippen LogP contribution in [-0.4, -0.2) is 43.6 Å². The molecule has 0 saturated carbocycles. The molecule has 0 radical (unpaired) electrons. The zero-order valence-electron chi connectivity index (χ0n) is 9.76. The maximum absolute atomic E-state index is 11.9.